The molecule has 5 heteroatoms. The zero-order chi connectivity index (χ0) is 27.6. The van der Waals surface area contributed by atoms with Crippen LogP contribution in [0.25, 0.3) is 21.5 Å². The summed E-state index contributed by atoms with van der Waals surface area (Å²) in [5, 5.41) is 3.72. The Kier molecular flexibility index (Phi) is 5.23. The van der Waals surface area contributed by atoms with E-state index in [0.29, 0.717) is 11.1 Å². The van der Waals surface area contributed by atoms with Crippen molar-refractivity contribution in [2.45, 2.75) is 10.8 Å². The highest BCUT2D eigenvalue weighted by Crippen LogP contribution is 2.71. The summed E-state index contributed by atoms with van der Waals surface area (Å²) in [5.74, 6) is -3.73. The summed E-state index contributed by atoms with van der Waals surface area (Å²) < 4.78 is 10.8. The van der Waals surface area contributed by atoms with Crippen LogP contribution in [0.3, 0.4) is 0 Å². The number of esters is 2. The van der Waals surface area contributed by atoms with E-state index < -0.39 is 34.6 Å². The van der Waals surface area contributed by atoms with E-state index in [1.165, 1.54) is 14.2 Å². The molecule has 2 aliphatic carbocycles. The van der Waals surface area contributed by atoms with Crippen LogP contribution in [-0.4, -0.2) is 31.9 Å². The molecule has 1 saturated carbocycles. The molecule has 0 amide bonds. The molecule has 0 aromatic heterocycles. The lowest BCUT2D eigenvalue weighted by Gasteiger charge is -2.41. The first-order valence-electron chi connectivity index (χ1n) is 13.3. The van der Waals surface area contributed by atoms with Crippen LogP contribution in [0.2, 0.25) is 0 Å². The van der Waals surface area contributed by atoms with Crippen LogP contribution in [-0.2, 0) is 34.7 Å². The van der Waals surface area contributed by atoms with Crippen molar-refractivity contribution in [2.24, 2.45) is 11.8 Å². The zero-order valence-electron chi connectivity index (χ0n) is 22.1. The first-order chi connectivity index (χ1) is 19.5. The van der Waals surface area contributed by atoms with Crippen molar-refractivity contribution >= 4 is 39.3 Å². The van der Waals surface area contributed by atoms with Gasteiger partial charge in [-0.25, -0.2) is 0 Å². The van der Waals surface area contributed by atoms with Crippen LogP contribution in [0.15, 0.2) is 109 Å². The normalized spacial score (nSPS) is 24.7. The van der Waals surface area contributed by atoms with E-state index in [9.17, 15) is 9.59 Å². The molecule has 40 heavy (non-hydrogen) atoms. The molecule has 0 heterocycles. The number of hydrogen-bond acceptors (Lipinski definition) is 5. The molecule has 5 aromatic rings. The van der Waals surface area contributed by atoms with Gasteiger partial charge < -0.3 is 9.47 Å². The SMILES string of the molecule is COC(=O)[C@H]1[C@H](C(=O)OC)[C@@]2(c3ccccc3)C(=O)[C@]1(c1ccccc1)c1c2c2ccccc2c2ccccc12. The number of ether oxygens (including phenoxy) is 2. The molecule has 0 unspecified atom stereocenters. The van der Waals surface area contributed by atoms with Crippen LogP contribution in [0, 0.1) is 11.8 Å². The monoisotopic (exact) mass is 526 g/mol. The number of benzene rings is 5. The summed E-state index contributed by atoms with van der Waals surface area (Å²) in [4.78, 5) is 43.5. The second-order valence-electron chi connectivity index (χ2n) is 10.5. The van der Waals surface area contributed by atoms with Crippen molar-refractivity contribution in [1.82, 2.24) is 0 Å². The van der Waals surface area contributed by atoms with E-state index >= 15 is 4.79 Å². The van der Waals surface area contributed by atoms with Gasteiger partial charge in [-0.1, -0.05) is 109 Å². The lowest BCUT2D eigenvalue weighted by atomic mass is 9.58. The Morgan fingerprint density at radius 2 is 0.850 bits per heavy atom. The first-order valence-corrected chi connectivity index (χ1v) is 13.3. The Morgan fingerprint density at radius 3 is 1.20 bits per heavy atom. The molecule has 0 spiro atoms. The van der Waals surface area contributed by atoms with Gasteiger partial charge >= 0.3 is 11.9 Å². The fourth-order valence-corrected chi connectivity index (χ4v) is 7.78. The van der Waals surface area contributed by atoms with Crippen molar-refractivity contribution in [2.75, 3.05) is 14.2 Å². The minimum atomic E-state index is -1.48. The van der Waals surface area contributed by atoms with Crippen molar-refractivity contribution < 1.29 is 23.9 Å². The maximum atomic E-state index is 15.6. The second kappa shape index (κ2) is 8.62. The Balaban J connectivity index is 1.82. The Labute approximate surface area is 231 Å². The highest BCUT2D eigenvalue weighted by molar-refractivity contribution is 6.26. The number of carbonyl (C=O) groups is 3. The van der Waals surface area contributed by atoms with Gasteiger partial charge in [0.05, 0.1) is 36.9 Å². The predicted molar refractivity (Wildman–Crippen MR) is 152 cm³/mol. The fraction of sp³-hybridized carbons (Fsp3) is 0.171. The highest BCUT2D eigenvalue weighted by atomic mass is 16.5. The Hall–Kier alpha value is -4.77. The van der Waals surface area contributed by atoms with E-state index in [4.69, 9.17) is 9.47 Å². The number of carbonyl (C=O) groups excluding carboxylic acids is 3. The van der Waals surface area contributed by atoms with Gasteiger partial charge in [0, 0.05) is 0 Å². The number of fused-ring (bicyclic) bond motifs is 10. The minimum Gasteiger partial charge on any atom is -0.469 e. The molecule has 5 aromatic carbocycles. The second-order valence-corrected chi connectivity index (χ2v) is 10.5. The largest absolute Gasteiger partial charge is 0.469 e. The first kappa shape index (κ1) is 24.3. The summed E-state index contributed by atoms with van der Waals surface area (Å²) in [6.07, 6.45) is 0. The molecule has 4 atom stereocenters. The quantitative estimate of drug-likeness (QED) is 0.221. The van der Waals surface area contributed by atoms with E-state index in [2.05, 4.69) is 0 Å². The van der Waals surface area contributed by atoms with Gasteiger partial charge in [-0.05, 0) is 43.8 Å². The number of hydrogen-bond donors (Lipinski definition) is 0. The number of rotatable bonds is 4. The van der Waals surface area contributed by atoms with Gasteiger partial charge in [0.1, 0.15) is 0 Å². The lowest BCUT2D eigenvalue weighted by Crippen LogP contribution is -2.48. The summed E-state index contributed by atoms with van der Waals surface area (Å²) in [7, 11) is 2.61. The average molecular weight is 527 g/mol. The van der Waals surface area contributed by atoms with Crippen molar-refractivity contribution in [3.8, 4) is 0 Å². The fourth-order valence-electron chi connectivity index (χ4n) is 7.78. The molecule has 196 valence electrons. The minimum absolute atomic E-state index is 0.209. The topological polar surface area (TPSA) is 69.7 Å². The third kappa shape index (κ3) is 2.69. The molecular formula is C35H26O5. The van der Waals surface area contributed by atoms with Gasteiger partial charge in [0.2, 0.25) is 0 Å². The Morgan fingerprint density at radius 1 is 0.525 bits per heavy atom. The van der Waals surface area contributed by atoms with Crippen molar-refractivity contribution in [3.05, 3.63) is 131 Å². The smallest absolute Gasteiger partial charge is 0.311 e. The van der Waals surface area contributed by atoms with Crippen LogP contribution < -0.4 is 0 Å². The molecule has 0 radical (unpaired) electrons. The third-order valence-electron chi connectivity index (χ3n) is 9.07. The molecule has 0 N–H and O–H groups in total. The van der Waals surface area contributed by atoms with Gasteiger partial charge in [-0.2, -0.15) is 0 Å². The van der Waals surface area contributed by atoms with E-state index in [0.717, 1.165) is 32.7 Å². The molecule has 1 fully saturated rings. The van der Waals surface area contributed by atoms with Gasteiger partial charge in [-0.15, -0.1) is 0 Å². The summed E-state index contributed by atoms with van der Waals surface area (Å²) in [5.41, 5.74) is -0.137. The number of ketones is 1. The van der Waals surface area contributed by atoms with E-state index in [-0.39, 0.29) is 5.78 Å². The molecule has 5 nitrogen and oxygen atoms in total. The summed E-state index contributed by atoms with van der Waals surface area (Å²) in [6, 6.07) is 34.7. The van der Waals surface area contributed by atoms with Crippen molar-refractivity contribution in [3.63, 3.8) is 0 Å². The molecular weight excluding hydrogens is 500 g/mol. The Bertz CT molecular complexity index is 1710. The lowest BCUT2D eigenvalue weighted by molar-refractivity contribution is -0.159. The standard InChI is InChI=1S/C35H26O5/c1-39-31(36)29-30(32(37)40-2)35(22-15-7-4-8-16-22)28-26-20-12-10-18-24(26)23-17-9-11-19-25(23)27(28)34(29,33(35)38)21-13-5-3-6-14-21/h3-20,29-30H,1-2H3/t29-,30-,34-,35+/m1/s1. The number of methoxy groups -OCH3 is 2. The van der Waals surface area contributed by atoms with Gasteiger partial charge in [-0.3, -0.25) is 14.4 Å². The molecule has 0 aliphatic heterocycles. The van der Waals surface area contributed by atoms with Crippen LogP contribution in [0.1, 0.15) is 22.3 Å². The van der Waals surface area contributed by atoms with Crippen LogP contribution >= 0.6 is 0 Å². The molecule has 7 rings (SSSR count). The van der Waals surface area contributed by atoms with Gasteiger partial charge in [0.25, 0.3) is 0 Å². The predicted octanol–water partition coefficient (Wildman–Crippen LogP) is 5.74. The van der Waals surface area contributed by atoms with E-state index in [1.807, 2.05) is 109 Å². The average Bonchev–Trinajstić information content (AvgIpc) is 3.41. The summed E-state index contributed by atoms with van der Waals surface area (Å²) >= 11 is 0. The molecule has 2 aliphatic rings. The third-order valence-corrected chi connectivity index (χ3v) is 9.07. The maximum Gasteiger partial charge on any atom is 0.311 e. The zero-order valence-corrected chi connectivity index (χ0v) is 22.1. The van der Waals surface area contributed by atoms with Crippen LogP contribution in [0.5, 0.6) is 0 Å². The number of Topliss-reactive ketones (excluding diaryl/α,β-unsaturated/α-hetero) is 1. The van der Waals surface area contributed by atoms with Crippen LogP contribution in [0.4, 0.5) is 0 Å². The van der Waals surface area contributed by atoms with E-state index in [1.54, 1.807) is 0 Å². The highest BCUT2D eigenvalue weighted by Gasteiger charge is 2.80. The maximum absolute atomic E-state index is 15.6. The molecule has 0 saturated heterocycles. The summed E-state index contributed by atoms with van der Waals surface area (Å²) in [6.45, 7) is 0. The molecule has 2 bridgehead atoms. The van der Waals surface area contributed by atoms with Gasteiger partial charge in [0.15, 0.2) is 5.78 Å². The van der Waals surface area contributed by atoms with Crippen molar-refractivity contribution in [1.29, 1.82) is 0 Å².